The zero-order valence-corrected chi connectivity index (χ0v) is 11.5. The van der Waals surface area contributed by atoms with E-state index in [1.807, 2.05) is 13.0 Å². The molecule has 0 aliphatic carbocycles. The van der Waals surface area contributed by atoms with Crippen LogP contribution in [0.2, 0.25) is 0 Å². The molecule has 0 atom stereocenters. The summed E-state index contributed by atoms with van der Waals surface area (Å²) in [5.74, 6) is -0.0467. The lowest BCUT2D eigenvalue weighted by molar-refractivity contribution is 0.0953. The minimum atomic E-state index is -0.0467. The van der Waals surface area contributed by atoms with E-state index in [4.69, 9.17) is 0 Å². The monoisotopic (exact) mass is 249 g/mol. The molecule has 0 spiro atoms. The average molecular weight is 249 g/mol. The van der Waals surface area contributed by atoms with Crippen molar-refractivity contribution in [3.05, 3.63) is 23.5 Å². The van der Waals surface area contributed by atoms with Crippen molar-refractivity contribution in [2.75, 3.05) is 18.4 Å². The molecule has 0 radical (unpaired) electrons. The smallest absolute Gasteiger partial charge is 0.254 e. The SMILES string of the molecule is CCCCNC(=O)c1cnc(C)cc1NCCC. The number of aromatic nitrogens is 1. The van der Waals surface area contributed by atoms with Gasteiger partial charge >= 0.3 is 0 Å². The van der Waals surface area contributed by atoms with Gasteiger partial charge in [-0.25, -0.2) is 0 Å². The van der Waals surface area contributed by atoms with Gasteiger partial charge in [-0.2, -0.15) is 0 Å². The van der Waals surface area contributed by atoms with Crippen molar-refractivity contribution < 1.29 is 4.79 Å². The van der Waals surface area contributed by atoms with Crippen LogP contribution in [-0.2, 0) is 0 Å². The Bertz CT molecular complexity index is 391. The number of hydrogen-bond acceptors (Lipinski definition) is 3. The van der Waals surface area contributed by atoms with Gasteiger partial charge in [-0.1, -0.05) is 20.3 Å². The zero-order valence-electron chi connectivity index (χ0n) is 11.5. The summed E-state index contributed by atoms with van der Waals surface area (Å²) in [4.78, 5) is 16.2. The molecule has 1 rings (SSSR count). The second-order valence-corrected chi connectivity index (χ2v) is 4.41. The summed E-state index contributed by atoms with van der Waals surface area (Å²) in [5.41, 5.74) is 2.42. The first-order chi connectivity index (χ1) is 8.69. The number of pyridine rings is 1. The third-order valence-corrected chi connectivity index (χ3v) is 2.67. The van der Waals surface area contributed by atoms with E-state index in [1.54, 1.807) is 6.20 Å². The van der Waals surface area contributed by atoms with E-state index in [2.05, 4.69) is 29.5 Å². The Balaban J connectivity index is 2.75. The Hall–Kier alpha value is -1.58. The van der Waals surface area contributed by atoms with Crippen molar-refractivity contribution >= 4 is 11.6 Å². The van der Waals surface area contributed by atoms with Crippen molar-refractivity contribution in [1.29, 1.82) is 0 Å². The van der Waals surface area contributed by atoms with Crippen LogP contribution in [0.5, 0.6) is 0 Å². The van der Waals surface area contributed by atoms with Gasteiger partial charge in [-0.15, -0.1) is 0 Å². The number of amides is 1. The Kier molecular flexibility index (Phi) is 6.19. The number of anilines is 1. The second-order valence-electron chi connectivity index (χ2n) is 4.41. The van der Waals surface area contributed by atoms with Crippen LogP contribution in [0.4, 0.5) is 5.69 Å². The molecule has 100 valence electrons. The molecule has 1 aromatic heterocycles. The third-order valence-electron chi connectivity index (χ3n) is 2.67. The van der Waals surface area contributed by atoms with Gasteiger partial charge in [0.1, 0.15) is 0 Å². The van der Waals surface area contributed by atoms with Gasteiger partial charge in [-0.05, 0) is 25.8 Å². The van der Waals surface area contributed by atoms with E-state index in [0.29, 0.717) is 5.56 Å². The summed E-state index contributed by atoms with van der Waals surface area (Å²) in [5, 5.41) is 6.19. The van der Waals surface area contributed by atoms with Crippen molar-refractivity contribution in [2.45, 2.75) is 40.0 Å². The van der Waals surface area contributed by atoms with Crippen LogP contribution in [0.25, 0.3) is 0 Å². The molecule has 1 amide bonds. The van der Waals surface area contributed by atoms with Crippen LogP contribution >= 0.6 is 0 Å². The predicted molar refractivity (Wildman–Crippen MR) is 75.0 cm³/mol. The summed E-state index contributed by atoms with van der Waals surface area (Å²) < 4.78 is 0. The fourth-order valence-electron chi connectivity index (χ4n) is 1.62. The fourth-order valence-corrected chi connectivity index (χ4v) is 1.62. The Morgan fingerprint density at radius 1 is 1.28 bits per heavy atom. The number of hydrogen-bond donors (Lipinski definition) is 2. The molecule has 1 heterocycles. The Morgan fingerprint density at radius 2 is 2.06 bits per heavy atom. The molecule has 4 heteroatoms. The third kappa shape index (κ3) is 4.35. The highest BCUT2D eigenvalue weighted by Crippen LogP contribution is 2.15. The standard InChI is InChI=1S/C14H23N3O/c1-4-6-8-16-14(18)12-10-17-11(3)9-13(12)15-7-5-2/h9-10H,4-8H2,1-3H3,(H,15,17)(H,16,18). The summed E-state index contributed by atoms with van der Waals surface area (Å²) in [7, 11) is 0. The molecule has 0 aromatic carbocycles. The van der Waals surface area contributed by atoms with Crippen LogP contribution in [0.3, 0.4) is 0 Å². The molecular weight excluding hydrogens is 226 g/mol. The van der Waals surface area contributed by atoms with Crippen LogP contribution in [0.1, 0.15) is 49.2 Å². The lowest BCUT2D eigenvalue weighted by Gasteiger charge is -2.12. The molecule has 4 nitrogen and oxygen atoms in total. The molecule has 0 aliphatic rings. The van der Waals surface area contributed by atoms with Gasteiger partial charge in [-0.3, -0.25) is 9.78 Å². The van der Waals surface area contributed by atoms with Crippen molar-refractivity contribution in [1.82, 2.24) is 10.3 Å². The van der Waals surface area contributed by atoms with E-state index < -0.39 is 0 Å². The van der Waals surface area contributed by atoms with Crippen molar-refractivity contribution in [3.63, 3.8) is 0 Å². The first-order valence-corrected chi connectivity index (χ1v) is 6.67. The fraction of sp³-hybridized carbons (Fsp3) is 0.571. The predicted octanol–water partition coefficient (Wildman–Crippen LogP) is 2.74. The number of aryl methyl sites for hydroxylation is 1. The molecule has 0 unspecified atom stereocenters. The number of unbranched alkanes of at least 4 members (excludes halogenated alkanes) is 1. The van der Waals surface area contributed by atoms with Gasteiger partial charge in [0.2, 0.25) is 0 Å². The maximum atomic E-state index is 12.0. The average Bonchev–Trinajstić information content (AvgIpc) is 2.36. The molecular formula is C14H23N3O. The minimum absolute atomic E-state index is 0.0467. The first kappa shape index (κ1) is 14.5. The van der Waals surface area contributed by atoms with Crippen LogP contribution in [0.15, 0.2) is 12.3 Å². The summed E-state index contributed by atoms with van der Waals surface area (Å²) in [6.45, 7) is 7.71. The van der Waals surface area contributed by atoms with E-state index in [9.17, 15) is 4.79 Å². The Labute approximate surface area is 109 Å². The van der Waals surface area contributed by atoms with Crippen LogP contribution < -0.4 is 10.6 Å². The lowest BCUT2D eigenvalue weighted by atomic mass is 10.2. The van der Waals surface area contributed by atoms with E-state index in [-0.39, 0.29) is 5.91 Å². The van der Waals surface area contributed by atoms with Crippen molar-refractivity contribution in [2.24, 2.45) is 0 Å². The molecule has 1 aromatic rings. The molecule has 0 aliphatic heterocycles. The van der Waals surface area contributed by atoms with E-state index in [0.717, 1.165) is 43.7 Å². The molecule has 0 saturated heterocycles. The second kappa shape index (κ2) is 7.69. The van der Waals surface area contributed by atoms with Gasteiger partial charge in [0.25, 0.3) is 5.91 Å². The number of carbonyl (C=O) groups is 1. The van der Waals surface area contributed by atoms with Gasteiger partial charge in [0, 0.05) is 25.0 Å². The highest BCUT2D eigenvalue weighted by atomic mass is 16.1. The molecule has 18 heavy (non-hydrogen) atoms. The number of rotatable bonds is 7. The highest BCUT2D eigenvalue weighted by molar-refractivity contribution is 5.99. The number of nitrogens with one attached hydrogen (secondary N) is 2. The van der Waals surface area contributed by atoms with Crippen molar-refractivity contribution in [3.8, 4) is 0 Å². The van der Waals surface area contributed by atoms with Gasteiger partial charge < -0.3 is 10.6 Å². The molecule has 0 fully saturated rings. The number of nitrogens with zero attached hydrogens (tertiary/aromatic N) is 1. The van der Waals surface area contributed by atoms with E-state index >= 15 is 0 Å². The number of carbonyl (C=O) groups excluding carboxylic acids is 1. The van der Waals surface area contributed by atoms with Gasteiger partial charge in [0.15, 0.2) is 0 Å². The summed E-state index contributed by atoms with van der Waals surface area (Å²) in [6, 6.07) is 1.92. The zero-order chi connectivity index (χ0) is 13.4. The lowest BCUT2D eigenvalue weighted by Crippen LogP contribution is -2.25. The minimum Gasteiger partial charge on any atom is -0.384 e. The van der Waals surface area contributed by atoms with Gasteiger partial charge in [0.05, 0.1) is 11.3 Å². The highest BCUT2D eigenvalue weighted by Gasteiger charge is 2.11. The van der Waals surface area contributed by atoms with E-state index in [1.165, 1.54) is 0 Å². The molecule has 2 N–H and O–H groups in total. The maximum absolute atomic E-state index is 12.0. The summed E-state index contributed by atoms with van der Waals surface area (Å²) in [6.07, 6.45) is 4.75. The summed E-state index contributed by atoms with van der Waals surface area (Å²) >= 11 is 0. The Morgan fingerprint density at radius 3 is 2.72 bits per heavy atom. The topological polar surface area (TPSA) is 54.0 Å². The van der Waals surface area contributed by atoms with Crippen LogP contribution in [-0.4, -0.2) is 24.0 Å². The normalized spacial score (nSPS) is 10.2. The molecule has 0 bridgehead atoms. The largest absolute Gasteiger partial charge is 0.384 e. The maximum Gasteiger partial charge on any atom is 0.254 e. The first-order valence-electron chi connectivity index (χ1n) is 6.67. The van der Waals surface area contributed by atoms with Crippen LogP contribution in [0, 0.1) is 6.92 Å². The molecule has 0 saturated carbocycles. The quantitative estimate of drug-likeness (QED) is 0.731.